The zero-order valence-electron chi connectivity index (χ0n) is 7.49. The zero-order chi connectivity index (χ0) is 8.97. The maximum atomic E-state index is 4.40. The van der Waals surface area contributed by atoms with Crippen molar-refractivity contribution in [3.05, 3.63) is 23.8 Å². The Bertz CT molecular complexity index is 250. The molecule has 0 radical (unpaired) electrons. The Balaban J connectivity index is 2.86. The van der Waals surface area contributed by atoms with E-state index in [4.69, 9.17) is 0 Å². The highest BCUT2D eigenvalue weighted by Gasteiger charge is 2.04. The Morgan fingerprint density at radius 3 is 2.92 bits per heavy atom. The summed E-state index contributed by atoms with van der Waals surface area (Å²) in [6.07, 6.45) is 2.72. The van der Waals surface area contributed by atoms with Gasteiger partial charge in [0, 0.05) is 24.2 Å². The fourth-order valence-corrected chi connectivity index (χ4v) is 1.14. The van der Waals surface area contributed by atoms with Crippen molar-refractivity contribution in [2.45, 2.75) is 26.2 Å². The summed E-state index contributed by atoms with van der Waals surface area (Å²) in [5.74, 6) is 2.17. The lowest BCUT2D eigenvalue weighted by molar-refractivity contribution is 0.797. The first kappa shape index (κ1) is 9.52. The van der Waals surface area contributed by atoms with Crippen LogP contribution in [0.15, 0.2) is 12.3 Å². The van der Waals surface area contributed by atoms with Crippen LogP contribution in [0.1, 0.15) is 31.3 Å². The first-order valence-electron chi connectivity index (χ1n) is 4.20. The van der Waals surface area contributed by atoms with Crippen LogP contribution in [-0.2, 0) is 6.42 Å². The Hall–Kier alpha value is -0.570. The minimum absolute atomic E-state index is 0.418. The predicted octanol–water partition coefficient (Wildman–Crippen LogP) is 2.07. The molecule has 1 aromatic heterocycles. The van der Waals surface area contributed by atoms with Crippen molar-refractivity contribution in [1.29, 1.82) is 0 Å². The second-order valence-electron chi connectivity index (χ2n) is 2.83. The molecule has 0 aliphatic carbocycles. The molecule has 1 rings (SSSR count). The van der Waals surface area contributed by atoms with Gasteiger partial charge in [-0.25, -0.2) is 9.97 Å². The van der Waals surface area contributed by atoms with Gasteiger partial charge >= 0.3 is 0 Å². The summed E-state index contributed by atoms with van der Waals surface area (Å²) >= 11 is 4.23. The molecule has 0 fully saturated rings. The van der Waals surface area contributed by atoms with Crippen LogP contribution in [0.4, 0.5) is 0 Å². The summed E-state index contributed by atoms with van der Waals surface area (Å²) in [5, 5.41) is 0. The van der Waals surface area contributed by atoms with E-state index >= 15 is 0 Å². The molecule has 0 bridgehead atoms. The van der Waals surface area contributed by atoms with E-state index < -0.39 is 0 Å². The van der Waals surface area contributed by atoms with Gasteiger partial charge < -0.3 is 0 Å². The number of hydrogen-bond acceptors (Lipinski definition) is 3. The van der Waals surface area contributed by atoms with Crippen LogP contribution in [0.3, 0.4) is 0 Å². The maximum Gasteiger partial charge on any atom is 0.128 e. The molecule has 0 saturated carbocycles. The van der Waals surface area contributed by atoms with Crippen LogP contribution < -0.4 is 0 Å². The minimum Gasteiger partial charge on any atom is -0.241 e. The van der Waals surface area contributed by atoms with E-state index in [1.54, 1.807) is 0 Å². The van der Waals surface area contributed by atoms with Crippen LogP contribution in [0, 0.1) is 0 Å². The third-order valence-electron chi connectivity index (χ3n) is 1.82. The van der Waals surface area contributed by atoms with Gasteiger partial charge in [-0.3, -0.25) is 0 Å². The Morgan fingerprint density at radius 1 is 1.58 bits per heavy atom. The van der Waals surface area contributed by atoms with Crippen molar-refractivity contribution in [2.75, 3.05) is 5.75 Å². The van der Waals surface area contributed by atoms with E-state index in [1.807, 2.05) is 12.3 Å². The average molecular weight is 182 g/mol. The lowest BCUT2D eigenvalue weighted by Gasteiger charge is -2.07. The number of thiol groups is 1. The molecule has 1 heterocycles. The minimum atomic E-state index is 0.418. The summed E-state index contributed by atoms with van der Waals surface area (Å²) in [6.45, 7) is 4.18. The molecule has 3 heteroatoms. The quantitative estimate of drug-likeness (QED) is 0.724. The van der Waals surface area contributed by atoms with Gasteiger partial charge in [-0.2, -0.15) is 12.6 Å². The van der Waals surface area contributed by atoms with Crippen LogP contribution in [0.25, 0.3) is 0 Å². The summed E-state index contributed by atoms with van der Waals surface area (Å²) in [4.78, 5) is 8.54. The molecule has 0 N–H and O–H groups in total. The molecular weight excluding hydrogens is 168 g/mol. The van der Waals surface area contributed by atoms with E-state index in [2.05, 4.69) is 36.4 Å². The Labute approximate surface area is 78.9 Å². The number of aromatic nitrogens is 2. The third kappa shape index (κ3) is 2.21. The molecule has 0 spiro atoms. The lowest BCUT2D eigenvalue weighted by Crippen LogP contribution is -2.02. The fraction of sp³-hybridized carbons (Fsp3) is 0.556. The molecule has 0 aliphatic rings. The van der Waals surface area contributed by atoms with Gasteiger partial charge in [0.25, 0.3) is 0 Å². The van der Waals surface area contributed by atoms with Crippen molar-refractivity contribution >= 4 is 12.6 Å². The first-order chi connectivity index (χ1) is 5.77. The normalized spacial score (nSPS) is 12.9. The van der Waals surface area contributed by atoms with Crippen molar-refractivity contribution < 1.29 is 0 Å². The van der Waals surface area contributed by atoms with Crippen molar-refractivity contribution in [1.82, 2.24) is 9.97 Å². The highest BCUT2D eigenvalue weighted by atomic mass is 32.1. The topological polar surface area (TPSA) is 25.8 Å². The van der Waals surface area contributed by atoms with Gasteiger partial charge in [0.15, 0.2) is 0 Å². The summed E-state index contributed by atoms with van der Waals surface area (Å²) in [5.41, 5.74) is 1.09. The maximum absolute atomic E-state index is 4.40. The van der Waals surface area contributed by atoms with Crippen molar-refractivity contribution in [3.63, 3.8) is 0 Å². The van der Waals surface area contributed by atoms with E-state index in [-0.39, 0.29) is 0 Å². The smallest absolute Gasteiger partial charge is 0.128 e. The molecule has 0 amide bonds. The predicted molar refractivity (Wildman–Crippen MR) is 53.7 cm³/mol. The van der Waals surface area contributed by atoms with Crippen LogP contribution in [-0.4, -0.2) is 15.7 Å². The van der Waals surface area contributed by atoms with Crippen LogP contribution in [0.2, 0.25) is 0 Å². The molecule has 2 nitrogen and oxygen atoms in total. The molecule has 66 valence electrons. The Morgan fingerprint density at radius 2 is 2.33 bits per heavy atom. The number of hydrogen-bond donors (Lipinski definition) is 1. The molecule has 0 saturated heterocycles. The number of rotatable bonds is 3. The fourth-order valence-electron chi connectivity index (χ4n) is 0.953. The van der Waals surface area contributed by atoms with Gasteiger partial charge in [0.05, 0.1) is 0 Å². The van der Waals surface area contributed by atoms with Gasteiger partial charge in [0.1, 0.15) is 5.82 Å². The van der Waals surface area contributed by atoms with Crippen LogP contribution in [0.5, 0.6) is 0 Å². The van der Waals surface area contributed by atoms with Gasteiger partial charge in [-0.15, -0.1) is 0 Å². The van der Waals surface area contributed by atoms with E-state index in [0.29, 0.717) is 5.92 Å². The first-order valence-corrected chi connectivity index (χ1v) is 4.83. The molecular formula is C9H14N2S. The Kier molecular flexibility index (Phi) is 3.53. The second-order valence-corrected chi connectivity index (χ2v) is 3.20. The molecule has 0 aromatic carbocycles. The van der Waals surface area contributed by atoms with Crippen molar-refractivity contribution in [3.8, 4) is 0 Å². The molecule has 1 aromatic rings. The third-order valence-corrected chi connectivity index (χ3v) is 2.37. The largest absolute Gasteiger partial charge is 0.241 e. The highest BCUT2D eigenvalue weighted by molar-refractivity contribution is 7.80. The van der Waals surface area contributed by atoms with E-state index in [9.17, 15) is 0 Å². The van der Waals surface area contributed by atoms with Crippen LogP contribution >= 0.6 is 12.6 Å². The van der Waals surface area contributed by atoms with Gasteiger partial charge in [-0.05, 0) is 11.8 Å². The molecule has 12 heavy (non-hydrogen) atoms. The average Bonchev–Trinajstić information content (AvgIpc) is 2.17. The number of aryl methyl sites for hydroxylation is 1. The lowest BCUT2D eigenvalue weighted by atomic mass is 10.1. The zero-order valence-corrected chi connectivity index (χ0v) is 8.38. The molecule has 1 atom stereocenters. The summed E-state index contributed by atoms with van der Waals surface area (Å²) in [6, 6.07) is 1.96. The highest BCUT2D eigenvalue weighted by Crippen LogP contribution is 2.12. The van der Waals surface area contributed by atoms with Crippen molar-refractivity contribution in [2.24, 2.45) is 0 Å². The van der Waals surface area contributed by atoms with Gasteiger partial charge in [0.2, 0.25) is 0 Å². The molecule has 1 unspecified atom stereocenters. The van der Waals surface area contributed by atoms with Gasteiger partial charge in [-0.1, -0.05) is 13.8 Å². The van der Waals surface area contributed by atoms with E-state index in [0.717, 1.165) is 23.7 Å². The SMILES string of the molecule is CCc1nccc(C(C)CS)n1. The summed E-state index contributed by atoms with van der Waals surface area (Å²) < 4.78 is 0. The number of nitrogens with zero attached hydrogens (tertiary/aromatic N) is 2. The van der Waals surface area contributed by atoms with E-state index in [1.165, 1.54) is 0 Å². The molecule has 0 aliphatic heterocycles. The summed E-state index contributed by atoms with van der Waals surface area (Å²) in [7, 11) is 0. The monoisotopic (exact) mass is 182 g/mol. The second kappa shape index (κ2) is 4.45. The standard InChI is InChI=1S/C9H14N2S/c1-3-9-10-5-4-8(11-9)7(2)6-12/h4-5,7,12H,3,6H2,1-2H3.